The van der Waals surface area contributed by atoms with Crippen LogP contribution in [0, 0.1) is 5.41 Å². The summed E-state index contributed by atoms with van der Waals surface area (Å²) < 4.78 is 5.44. The molecule has 0 aliphatic carbocycles. The summed E-state index contributed by atoms with van der Waals surface area (Å²) in [5.41, 5.74) is -0.246. The van der Waals surface area contributed by atoms with E-state index >= 15 is 0 Å². The van der Waals surface area contributed by atoms with Crippen molar-refractivity contribution in [2.45, 2.75) is 33.8 Å². The maximum absolute atomic E-state index is 12.2. The lowest BCUT2D eigenvalue weighted by molar-refractivity contribution is 0.0145. The van der Waals surface area contributed by atoms with Gasteiger partial charge in [-0.2, -0.15) is 0 Å². The first-order chi connectivity index (χ1) is 9.27. The zero-order chi connectivity index (χ0) is 15.3. The van der Waals surface area contributed by atoms with Crippen LogP contribution in [0.2, 0.25) is 0 Å². The number of hydrogen-bond acceptors (Lipinski definition) is 3. The van der Waals surface area contributed by atoms with Crippen molar-refractivity contribution in [1.29, 1.82) is 0 Å². The molecule has 0 saturated carbocycles. The molecule has 0 radical (unpaired) electrons. The lowest BCUT2D eigenvalue weighted by Gasteiger charge is -2.28. The van der Waals surface area contributed by atoms with Gasteiger partial charge < -0.3 is 9.84 Å². The molecular formula is C16H20O4. The second kappa shape index (κ2) is 6.37. The van der Waals surface area contributed by atoms with Crippen LogP contribution in [0.1, 0.15) is 48.4 Å². The lowest BCUT2D eigenvalue weighted by Crippen LogP contribution is -2.30. The average molecular weight is 276 g/mol. The Morgan fingerprint density at radius 3 is 2.20 bits per heavy atom. The van der Waals surface area contributed by atoms with Crippen molar-refractivity contribution in [2.75, 3.05) is 0 Å². The Kier molecular flexibility index (Phi) is 5.08. The quantitative estimate of drug-likeness (QED) is 0.675. The van der Waals surface area contributed by atoms with Crippen LogP contribution in [0.3, 0.4) is 0 Å². The molecule has 0 heterocycles. The van der Waals surface area contributed by atoms with Crippen LogP contribution in [0.25, 0.3) is 0 Å². The highest BCUT2D eigenvalue weighted by Crippen LogP contribution is 2.25. The number of benzene rings is 1. The molecule has 0 amide bonds. The number of carbonyl (C=O) groups is 2. The highest BCUT2D eigenvalue weighted by Gasteiger charge is 2.27. The monoisotopic (exact) mass is 276 g/mol. The number of allylic oxidation sites excluding steroid dienone is 1. The van der Waals surface area contributed by atoms with Crippen molar-refractivity contribution >= 4 is 11.9 Å². The van der Waals surface area contributed by atoms with Gasteiger partial charge in [0.1, 0.15) is 6.10 Å². The molecule has 0 bridgehead atoms. The number of carboxylic acid groups (broad SMARTS) is 1. The zero-order valence-electron chi connectivity index (χ0n) is 12.2. The topological polar surface area (TPSA) is 63.6 Å². The molecule has 0 aliphatic heterocycles. The minimum Gasteiger partial charge on any atom is -0.478 e. The molecule has 1 N–H and O–H groups in total. The van der Waals surface area contributed by atoms with Crippen molar-refractivity contribution in [3.8, 4) is 0 Å². The van der Waals surface area contributed by atoms with Gasteiger partial charge in [0.25, 0.3) is 0 Å². The van der Waals surface area contributed by atoms with E-state index in [-0.39, 0.29) is 16.5 Å². The molecule has 0 aromatic heterocycles. The van der Waals surface area contributed by atoms with Gasteiger partial charge in [0, 0.05) is 5.41 Å². The molecule has 108 valence electrons. The van der Waals surface area contributed by atoms with Gasteiger partial charge in [-0.15, -0.1) is 0 Å². The number of carbonyl (C=O) groups excluding carboxylic acids is 1. The average Bonchev–Trinajstić information content (AvgIpc) is 2.37. The molecule has 0 saturated heterocycles. The second-order valence-electron chi connectivity index (χ2n) is 5.57. The molecule has 1 atom stereocenters. The van der Waals surface area contributed by atoms with E-state index < -0.39 is 18.0 Å². The third kappa shape index (κ3) is 3.95. The highest BCUT2D eigenvalue weighted by atomic mass is 16.5. The van der Waals surface area contributed by atoms with E-state index in [4.69, 9.17) is 9.84 Å². The van der Waals surface area contributed by atoms with Crippen molar-refractivity contribution in [1.82, 2.24) is 0 Å². The van der Waals surface area contributed by atoms with Gasteiger partial charge in [0.15, 0.2) is 0 Å². The number of ether oxygens (including phenoxy) is 1. The fraction of sp³-hybridized carbons (Fsp3) is 0.375. The predicted molar refractivity (Wildman–Crippen MR) is 76.9 cm³/mol. The maximum atomic E-state index is 12.2. The second-order valence-corrected chi connectivity index (χ2v) is 5.57. The van der Waals surface area contributed by atoms with Gasteiger partial charge >= 0.3 is 11.9 Å². The van der Waals surface area contributed by atoms with Crippen molar-refractivity contribution in [3.05, 3.63) is 47.5 Å². The van der Waals surface area contributed by atoms with E-state index in [9.17, 15) is 9.59 Å². The van der Waals surface area contributed by atoms with Crippen LogP contribution in [-0.4, -0.2) is 23.1 Å². The Labute approximate surface area is 119 Å². The first kappa shape index (κ1) is 16.0. The van der Waals surface area contributed by atoms with Gasteiger partial charge in [0.05, 0.1) is 11.1 Å². The van der Waals surface area contributed by atoms with Crippen LogP contribution in [0.15, 0.2) is 36.4 Å². The number of aromatic carboxylic acids is 1. The summed E-state index contributed by atoms with van der Waals surface area (Å²) in [4.78, 5) is 23.3. The normalized spacial score (nSPS) is 13.2. The molecule has 4 nitrogen and oxygen atoms in total. The number of rotatable bonds is 4. The lowest BCUT2D eigenvalue weighted by atomic mass is 9.88. The fourth-order valence-corrected chi connectivity index (χ4v) is 1.71. The third-order valence-electron chi connectivity index (χ3n) is 2.83. The fourth-order valence-electron chi connectivity index (χ4n) is 1.71. The summed E-state index contributed by atoms with van der Waals surface area (Å²) in [6, 6.07) is 6.04. The Morgan fingerprint density at radius 2 is 1.75 bits per heavy atom. The minimum atomic E-state index is -1.14. The molecular weight excluding hydrogens is 256 g/mol. The van der Waals surface area contributed by atoms with Gasteiger partial charge in [-0.25, -0.2) is 9.59 Å². The molecule has 0 fully saturated rings. The molecule has 20 heavy (non-hydrogen) atoms. The van der Waals surface area contributed by atoms with Gasteiger partial charge in [-0.3, -0.25) is 0 Å². The summed E-state index contributed by atoms with van der Waals surface area (Å²) in [5.74, 6) is -1.77. The van der Waals surface area contributed by atoms with E-state index in [2.05, 4.69) is 0 Å². The summed E-state index contributed by atoms with van der Waals surface area (Å²) in [6.07, 6.45) is 3.19. The Hall–Kier alpha value is -2.10. The molecule has 1 rings (SSSR count). The van der Waals surface area contributed by atoms with E-state index in [0.29, 0.717) is 0 Å². The maximum Gasteiger partial charge on any atom is 0.339 e. The molecule has 1 aromatic rings. The zero-order valence-corrected chi connectivity index (χ0v) is 12.2. The largest absolute Gasteiger partial charge is 0.478 e. The van der Waals surface area contributed by atoms with Crippen LogP contribution >= 0.6 is 0 Å². The van der Waals surface area contributed by atoms with Crippen molar-refractivity contribution in [2.24, 2.45) is 5.41 Å². The smallest absolute Gasteiger partial charge is 0.339 e. The standard InChI is InChI=1S/C16H20O4/c1-5-8-13(16(2,3)4)20-15(19)12-10-7-6-9-11(12)14(17)18/h5-10,13H,1-4H3,(H,17,18)/b8-5+/t13-/m1/s1. The van der Waals surface area contributed by atoms with E-state index in [0.717, 1.165) is 0 Å². The number of esters is 1. The Bertz CT molecular complexity index is 524. The summed E-state index contributed by atoms with van der Waals surface area (Å²) in [7, 11) is 0. The summed E-state index contributed by atoms with van der Waals surface area (Å²) in [6.45, 7) is 7.70. The van der Waals surface area contributed by atoms with E-state index in [1.807, 2.05) is 33.8 Å². The number of carboxylic acids is 1. The summed E-state index contributed by atoms with van der Waals surface area (Å²) >= 11 is 0. The SMILES string of the molecule is C/C=C/[C@@H](OC(=O)c1ccccc1C(=O)O)C(C)(C)C. The van der Waals surface area contributed by atoms with E-state index in [1.54, 1.807) is 18.2 Å². The highest BCUT2D eigenvalue weighted by molar-refractivity contribution is 6.02. The van der Waals surface area contributed by atoms with Crippen LogP contribution < -0.4 is 0 Å². The molecule has 4 heteroatoms. The Balaban J connectivity index is 3.04. The van der Waals surface area contributed by atoms with Crippen LogP contribution in [0.4, 0.5) is 0 Å². The first-order valence-corrected chi connectivity index (χ1v) is 6.43. The van der Waals surface area contributed by atoms with Crippen molar-refractivity contribution in [3.63, 3.8) is 0 Å². The predicted octanol–water partition coefficient (Wildman–Crippen LogP) is 3.53. The first-order valence-electron chi connectivity index (χ1n) is 6.43. The number of hydrogen-bond donors (Lipinski definition) is 1. The molecule has 0 spiro atoms. The van der Waals surface area contributed by atoms with Crippen LogP contribution in [0.5, 0.6) is 0 Å². The Morgan fingerprint density at radius 1 is 1.20 bits per heavy atom. The third-order valence-corrected chi connectivity index (χ3v) is 2.83. The van der Waals surface area contributed by atoms with Gasteiger partial charge in [-0.1, -0.05) is 39.0 Å². The minimum absolute atomic E-state index is 0.0503. The molecule has 0 aliphatic rings. The van der Waals surface area contributed by atoms with Crippen molar-refractivity contribution < 1.29 is 19.4 Å². The van der Waals surface area contributed by atoms with Gasteiger partial charge in [-0.05, 0) is 25.1 Å². The van der Waals surface area contributed by atoms with E-state index in [1.165, 1.54) is 12.1 Å². The molecule has 0 unspecified atom stereocenters. The molecule has 1 aromatic carbocycles. The summed E-state index contributed by atoms with van der Waals surface area (Å²) in [5, 5.41) is 9.09. The van der Waals surface area contributed by atoms with Crippen LogP contribution in [-0.2, 0) is 4.74 Å². The van der Waals surface area contributed by atoms with Gasteiger partial charge in [0.2, 0.25) is 0 Å².